The molecule has 2 rings (SSSR count). The molecule has 1 heterocycles. The Morgan fingerprint density at radius 2 is 1.80 bits per heavy atom. The molecule has 0 aliphatic carbocycles. The second-order valence-corrected chi connectivity index (χ2v) is 9.32. The third-order valence-electron chi connectivity index (χ3n) is 3.15. The van der Waals surface area contributed by atoms with Gasteiger partial charge in [0.05, 0.1) is 11.4 Å². The lowest BCUT2D eigenvalue weighted by atomic mass is 9.92. The van der Waals surface area contributed by atoms with Gasteiger partial charge >= 0.3 is 6.09 Å². The minimum absolute atomic E-state index is 0.213. The van der Waals surface area contributed by atoms with E-state index in [0.717, 1.165) is 11.4 Å². The Bertz CT molecular complexity index is 746. The third-order valence-corrected chi connectivity index (χ3v) is 3.73. The molecular weight excluding hydrogens is 408 g/mol. The van der Waals surface area contributed by atoms with E-state index in [9.17, 15) is 4.79 Å². The highest BCUT2D eigenvalue weighted by atomic mass is 35.6. The van der Waals surface area contributed by atoms with E-state index in [4.69, 9.17) is 51.1 Å². The molecule has 0 aliphatic rings. The molecule has 0 fully saturated rings. The number of ether oxygens (including phenoxy) is 1. The zero-order valence-electron chi connectivity index (χ0n) is 13.8. The molecule has 25 heavy (non-hydrogen) atoms. The van der Waals surface area contributed by atoms with Gasteiger partial charge in [0.15, 0.2) is 0 Å². The first kappa shape index (κ1) is 20.2. The fraction of sp³-hybridized carbons (Fsp3) is 0.375. The molecule has 0 spiro atoms. The summed E-state index contributed by atoms with van der Waals surface area (Å²) in [6, 6.07) is 8.82. The van der Waals surface area contributed by atoms with Crippen LogP contribution >= 0.6 is 46.4 Å². The van der Waals surface area contributed by atoms with Gasteiger partial charge in [-0.3, -0.25) is 5.32 Å². The molecule has 1 aromatic carbocycles. The van der Waals surface area contributed by atoms with Crippen molar-refractivity contribution in [1.29, 1.82) is 0 Å². The van der Waals surface area contributed by atoms with Crippen molar-refractivity contribution in [3.05, 3.63) is 41.0 Å². The molecule has 1 aromatic heterocycles. The predicted octanol–water partition coefficient (Wildman–Crippen LogP) is 5.74. The van der Waals surface area contributed by atoms with Crippen molar-refractivity contribution in [1.82, 2.24) is 9.78 Å². The number of amides is 1. The Labute approximate surface area is 166 Å². The largest absolute Gasteiger partial charge is 0.445 e. The Kier molecular flexibility index (Phi) is 6.15. The lowest BCUT2D eigenvalue weighted by Gasteiger charge is -2.14. The van der Waals surface area contributed by atoms with Gasteiger partial charge in [-0.15, -0.1) is 0 Å². The zero-order valence-corrected chi connectivity index (χ0v) is 16.8. The maximum absolute atomic E-state index is 12.0. The van der Waals surface area contributed by atoms with Crippen LogP contribution < -0.4 is 5.32 Å². The summed E-state index contributed by atoms with van der Waals surface area (Å²) >= 11 is 22.7. The molecule has 0 radical (unpaired) electrons. The molecule has 5 nitrogen and oxygen atoms in total. The maximum Gasteiger partial charge on any atom is 0.412 e. The van der Waals surface area contributed by atoms with Crippen LogP contribution in [0.4, 0.5) is 10.6 Å². The number of carbonyl (C=O) groups is 1. The van der Waals surface area contributed by atoms with Crippen molar-refractivity contribution in [3.8, 4) is 5.69 Å². The number of aromatic nitrogens is 2. The Morgan fingerprint density at radius 1 is 1.20 bits per heavy atom. The smallest absolute Gasteiger partial charge is 0.412 e. The first-order chi connectivity index (χ1) is 11.5. The first-order valence-corrected chi connectivity index (χ1v) is 8.84. The minimum Gasteiger partial charge on any atom is -0.445 e. The molecule has 0 unspecified atom stereocenters. The number of anilines is 1. The van der Waals surface area contributed by atoms with Gasteiger partial charge in [-0.1, -0.05) is 67.2 Å². The summed E-state index contributed by atoms with van der Waals surface area (Å²) in [5.41, 5.74) is 1.31. The molecular formula is C16H17Cl4N3O2. The van der Waals surface area contributed by atoms with Crippen LogP contribution in [0, 0.1) is 0 Å². The molecule has 136 valence electrons. The van der Waals surface area contributed by atoms with Crippen LogP contribution in [0.1, 0.15) is 26.5 Å². The molecule has 0 saturated carbocycles. The average Bonchev–Trinajstić information content (AvgIpc) is 2.89. The van der Waals surface area contributed by atoms with Crippen molar-refractivity contribution in [2.45, 2.75) is 30.0 Å². The zero-order chi connectivity index (χ0) is 18.8. The summed E-state index contributed by atoms with van der Waals surface area (Å²) in [7, 11) is 0. The highest BCUT2D eigenvalue weighted by Gasteiger charge is 2.24. The van der Waals surface area contributed by atoms with Gasteiger partial charge in [-0.05, 0) is 24.3 Å². The van der Waals surface area contributed by atoms with Crippen LogP contribution in [-0.2, 0) is 10.2 Å². The number of halogens is 4. The number of hydrogen-bond donors (Lipinski definition) is 1. The molecule has 0 bridgehead atoms. The molecule has 2 aromatic rings. The monoisotopic (exact) mass is 423 g/mol. The van der Waals surface area contributed by atoms with E-state index < -0.39 is 9.89 Å². The number of nitrogens with one attached hydrogen (secondary N) is 1. The van der Waals surface area contributed by atoms with Gasteiger partial charge in [0.1, 0.15) is 12.4 Å². The lowest BCUT2D eigenvalue weighted by Crippen LogP contribution is -2.22. The molecule has 0 aliphatic heterocycles. The van der Waals surface area contributed by atoms with Crippen LogP contribution in [0.5, 0.6) is 0 Å². The van der Waals surface area contributed by atoms with E-state index in [0.29, 0.717) is 10.8 Å². The second-order valence-electron chi connectivity index (χ2n) is 6.37. The fourth-order valence-electron chi connectivity index (χ4n) is 1.90. The van der Waals surface area contributed by atoms with E-state index in [1.54, 1.807) is 35.0 Å². The lowest BCUT2D eigenvalue weighted by molar-refractivity contribution is 0.163. The van der Waals surface area contributed by atoms with Crippen molar-refractivity contribution in [2.24, 2.45) is 0 Å². The summed E-state index contributed by atoms with van der Waals surface area (Å²) in [5.74, 6) is 0.432. The van der Waals surface area contributed by atoms with Gasteiger partial charge < -0.3 is 4.74 Å². The molecule has 1 amide bonds. The summed E-state index contributed by atoms with van der Waals surface area (Å²) in [6.07, 6.45) is -0.748. The average molecular weight is 425 g/mol. The van der Waals surface area contributed by atoms with E-state index in [1.165, 1.54) is 0 Å². The highest BCUT2D eigenvalue weighted by molar-refractivity contribution is 6.67. The van der Waals surface area contributed by atoms with Gasteiger partial charge in [0, 0.05) is 16.5 Å². The molecule has 0 atom stereocenters. The second kappa shape index (κ2) is 7.62. The van der Waals surface area contributed by atoms with Crippen LogP contribution in [-0.4, -0.2) is 26.3 Å². The number of hydrogen-bond acceptors (Lipinski definition) is 3. The summed E-state index contributed by atoms with van der Waals surface area (Å²) in [6.45, 7) is 5.69. The fourth-order valence-corrected chi connectivity index (χ4v) is 2.19. The van der Waals surface area contributed by atoms with Gasteiger partial charge in [-0.25, -0.2) is 9.48 Å². The Balaban J connectivity index is 2.30. The van der Waals surface area contributed by atoms with Crippen LogP contribution in [0.15, 0.2) is 30.3 Å². The molecule has 9 heteroatoms. The van der Waals surface area contributed by atoms with Crippen molar-refractivity contribution in [2.75, 3.05) is 11.9 Å². The van der Waals surface area contributed by atoms with Crippen molar-refractivity contribution >= 4 is 58.3 Å². The Hall–Kier alpha value is -1.14. The standard InChI is InChI=1S/C16H17Cl4N3O2/c1-15(2,3)12-8-13(21-14(24)25-9-16(18,19)20)23(22-12)11-6-4-10(17)5-7-11/h4-8H,9H2,1-3H3,(H,21,24). The number of rotatable bonds is 3. The minimum atomic E-state index is -1.68. The van der Waals surface area contributed by atoms with E-state index in [1.807, 2.05) is 20.8 Å². The van der Waals surface area contributed by atoms with Crippen molar-refractivity contribution < 1.29 is 9.53 Å². The summed E-state index contributed by atoms with van der Waals surface area (Å²) in [4.78, 5) is 12.0. The number of nitrogens with zero attached hydrogens (tertiary/aromatic N) is 2. The molecule has 1 N–H and O–H groups in total. The van der Waals surface area contributed by atoms with E-state index in [2.05, 4.69) is 10.4 Å². The van der Waals surface area contributed by atoms with Crippen LogP contribution in [0.3, 0.4) is 0 Å². The van der Waals surface area contributed by atoms with Crippen LogP contribution in [0.25, 0.3) is 5.69 Å². The SMILES string of the molecule is CC(C)(C)c1cc(NC(=O)OCC(Cl)(Cl)Cl)n(-c2ccc(Cl)cc2)n1. The van der Waals surface area contributed by atoms with E-state index >= 15 is 0 Å². The summed E-state index contributed by atoms with van der Waals surface area (Å²) < 4.78 is 4.82. The van der Waals surface area contributed by atoms with Gasteiger partial charge in [0.25, 0.3) is 0 Å². The Morgan fingerprint density at radius 3 is 2.32 bits per heavy atom. The van der Waals surface area contributed by atoms with E-state index in [-0.39, 0.29) is 12.0 Å². The first-order valence-electron chi connectivity index (χ1n) is 7.33. The normalized spacial score (nSPS) is 12.1. The van der Waals surface area contributed by atoms with Gasteiger partial charge in [-0.2, -0.15) is 5.10 Å². The predicted molar refractivity (Wildman–Crippen MR) is 103 cm³/mol. The van der Waals surface area contributed by atoms with Crippen molar-refractivity contribution in [3.63, 3.8) is 0 Å². The maximum atomic E-state index is 12.0. The number of carbonyl (C=O) groups excluding carboxylic acids is 1. The topological polar surface area (TPSA) is 56.1 Å². The molecule has 0 saturated heterocycles. The third kappa shape index (κ3) is 5.96. The number of benzene rings is 1. The summed E-state index contributed by atoms with van der Waals surface area (Å²) in [5, 5.41) is 7.79. The quantitative estimate of drug-likeness (QED) is 0.638. The van der Waals surface area contributed by atoms with Crippen LogP contribution in [0.2, 0.25) is 5.02 Å². The van der Waals surface area contributed by atoms with Gasteiger partial charge in [0.2, 0.25) is 3.79 Å². The number of alkyl halides is 3. The highest BCUT2D eigenvalue weighted by Crippen LogP contribution is 2.28.